The first-order valence-corrected chi connectivity index (χ1v) is 13.3. The molecule has 4 N–H and O–H groups in total. The van der Waals surface area contributed by atoms with Gasteiger partial charge in [-0.15, -0.1) is 0 Å². The van der Waals surface area contributed by atoms with Crippen molar-refractivity contribution in [3.05, 3.63) is 82.3 Å². The van der Waals surface area contributed by atoms with Crippen LogP contribution < -0.4 is 16.2 Å². The number of H-pyrrole nitrogens is 1. The van der Waals surface area contributed by atoms with E-state index in [-0.39, 0.29) is 23.7 Å². The Hall–Kier alpha value is -4.15. The van der Waals surface area contributed by atoms with Crippen LogP contribution in [0.1, 0.15) is 36.9 Å². The fourth-order valence-electron chi connectivity index (χ4n) is 5.21. The predicted octanol–water partition coefficient (Wildman–Crippen LogP) is 3.96. The number of nitrogens with one attached hydrogen (secondary N) is 3. The first-order chi connectivity index (χ1) is 19.1. The van der Waals surface area contributed by atoms with E-state index in [1.165, 1.54) is 0 Å². The summed E-state index contributed by atoms with van der Waals surface area (Å²) in [5.74, 6) is 1.15. The summed E-state index contributed by atoms with van der Waals surface area (Å²) in [4.78, 5) is 21.9. The molecule has 1 fully saturated rings. The van der Waals surface area contributed by atoms with E-state index in [0.29, 0.717) is 43.5 Å². The van der Waals surface area contributed by atoms with Crippen molar-refractivity contribution in [2.24, 2.45) is 4.99 Å². The number of aliphatic hydroxyl groups is 1. The quantitative estimate of drug-likeness (QED) is 0.273. The van der Waals surface area contributed by atoms with Gasteiger partial charge in [0.15, 0.2) is 0 Å². The van der Waals surface area contributed by atoms with Gasteiger partial charge in [0.1, 0.15) is 18.0 Å². The number of benzene rings is 2. The number of hydrogen-bond donors (Lipinski definition) is 4. The molecule has 2 aliphatic rings. The molecule has 0 saturated carbocycles. The van der Waals surface area contributed by atoms with E-state index in [1.807, 2.05) is 66.2 Å². The Morgan fingerprint density at radius 2 is 1.97 bits per heavy atom. The highest BCUT2D eigenvalue weighted by Crippen LogP contribution is 2.34. The summed E-state index contributed by atoms with van der Waals surface area (Å²) < 4.78 is 13.5. The molecule has 39 heavy (non-hydrogen) atoms. The molecule has 202 valence electrons. The molecule has 2 aromatic heterocycles. The van der Waals surface area contributed by atoms with Gasteiger partial charge in [-0.3, -0.25) is 14.6 Å². The average molecular weight is 529 g/mol. The molecule has 4 heterocycles. The molecular weight excluding hydrogens is 496 g/mol. The average Bonchev–Trinajstić information content (AvgIpc) is 3.52. The molecule has 1 atom stereocenters. The van der Waals surface area contributed by atoms with E-state index in [0.717, 1.165) is 40.9 Å². The topological polar surface area (TPSA) is 126 Å². The molecular formula is C29H32N6O4. The minimum Gasteiger partial charge on any atom is -0.475 e. The molecule has 0 radical (unpaired) electrons. The van der Waals surface area contributed by atoms with Gasteiger partial charge in [0.25, 0.3) is 5.56 Å². The number of aliphatic hydroxyl groups excluding tert-OH is 1. The van der Waals surface area contributed by atoms with Crippen LogP contribution >= 0.6 is 0 Å². The van der Waals surface area contributed by atoms with Gasteiger partial charge < -0.3 is 25.2 Å². The SMILES string of the molecule is CCn1[nH]c(=O)c2ccc(Nc3cc(N[C@H](CO)c4ccccc4)c(C4=NC5(CCOCC5)CO4)cn3)cc21. The molecule has 0 unspecified atom stereocenters. The van der Waals surface area contributed by atoms with Crippen LogP contribution in [-0.4, -0.2) is 57.7 Å². The lowest BCUT2D eigenvalue weighted by molar-refractivity contribution is 0.0442. The number of rotatable bonds is 8. The summed E-state index contributed by atoms with van der Waals surface area (Å²) in [6, 6.07) is 17.0. The molecule has 6 rings (SSSR count). The maximum absolute atomic E-state index is 12.2. The minimum atomic E-state index is -0.338. The van der Waals surface area contributed by atoms with Gasteiger partial charge >= 0.3 is 0 Å². The van der Waals surface area contributed by atoms with E-state index in [4.69, 9.17) is 14.5 Å². The number of ether oxygens (including phenoxy) is 2. The molecule has 1 saturated heterocycles. The fourth-order valence-corrected chi connectivity index (χ4v) is 5.21. The molecule has 10 nitrogen and oxygen atoms in total. The maximum Gasteiger partial charge on any atom is 0.271 e. The Labute approximate surface area is 225 Å². The number of aromatic amines is 1. The van der Waals surface area contributed by atoms with Crippen molar-refractivity contribution in [2.75, 3.05) is 37.1 Å². The molecule has 2 aliphatic heterocycles. The van der Waals surface area contributed by atoms with Crippen molar-refractivity contribution < 1.29 is 14.6 Å². The molecule has 1 spiro atoms. The monoisotopic (exact) mass is 528 g/mol. The highest BCUT2D eigenvalue weighted by molar-refractivity contribution is 6.01. The van der Waals surface area contributed by atoms with Gasteiger partial charge in [-0.1, -0.05) is 30.3 Å². The second-order valence-corrected chi connectivity index (χ2v) is 9.99. The number of aromatic nitrogens is 3. The summed E-state index contributed by atoms with van der Waals surface area (Å²) in [5, 5.41) is 20.6. The number of fused-ring (bicyclic) bond motifs is 1. The Bertz CT molecular complexity index is 1560. The van der Waals surface area contributed by atoms with Crippen LogP contribution in [0.15, 0.2) is 70.6 Å². The number of anilines is 3. The van der Waals surface area contributed by atoms with E-state index in [9.17, 15) is 9.90 Å². The zero-order valence-electron chi connectivity index (χ0n) is 21.8. The van der Waals surface area contributed by atoms with Crippen molar-refractivity contribution >= 4 is 34.0 Å². The summed E-state index contributed by atoms with van der Waals surface area (Å²) in [7, 11) is 0. The van der Waals surface area contributed by atoms with E-state index < -0.39 is 0 Å². The van der Waals surface area contributed by atoms with Crippen molar-refractivity contribution in [2.45, 2.75) is 37.9 Å². The summed E-state index contributed by atoms with van der Waals surface area (Å²) in [5.41, 5.74) is 3.68. The van der Waals surface area contributed by atoms with Crippen molar-refractivity contribution in [1.29, 1.82) is 0 Å². The number of aliphatic imine (C=N–C) groups is 1. The zero-order valence-corrected chi connectivity index (χ0v) is 21.8. The molecule has 0 bridgehead atoms. The van der Waals surface area contributed by atoms with E-state index >= 15 is 0 Å². The lowest BCUT2D eigenvalue weighted by atomic mass is 9.92. The van der Waals surface area contributed by atoms with Gasteiger partial charge in [-0.05, 0) is 43.5 Å². The Kier molecular flexibility index (Phi) is 6.80. The molecule has 0 amide bonds. The van der Waals surface area contributed by atoms with Crippen LogP contribution in [-0.2, 0) is 16.0 Å². The summed E-state index contributed by atoms with van der Waals surface area (Å²) >= 11 is 0. The fraction of sp³-hybridized carbons (Fsp3) is 0.345. The predicted molar refractivity (Wildman–Crippen MR) is 151 cm³/mol. The van der Waals surface area contributed by atoms with Crippen LogP contribution in [0.2, 0.25) is 0 Å². The van der Waals surface area contributed by atoms with Gasteiger partial charge in [-0.2, -0.15) is 0 Å². The van der Waals surface area contributed by atoms with Crippen LogP contribution in [0, 0.1) is 0 Å². The van der Waals surface area contributed by atoms with Crippen LogP contribution in [0.3, 0.4) is 0 Å². The smallest absolute Gasteiger partial charge is 0.271 e. The minimum absolute atomic E-state index is 0.0954. The van der Waals surface area contributed by atoms with Crippen molar-refractivity contribution in [3.8, 4) is 0 Å². The third kappa shape index (κ3) is 5.00. The van der Waals surface area contributed by atoms with Gasteiger partial charge in [-0.25, -0.2) is 9.98 Å². The second kappa shape index (κ2) is 10.5. The molecule has 10 heteroatoms. The van der Waals surface area contributed by atoms with Crippen LogP contribution in [0.4, 0.5) is 17.2 Å². The van der Waals surface area contributed by atoms with Crippen molar-refractivity contribution in [1.82, 2.24) is 14.8 Å². The highest BCUT2D eigenvalue weighted by atomic mass is 16.5. The number of nitrogens with zero attached hydrogens (tertiary/aromatic N) is 3. The Morgan fingerprint density at radius 1 is 1.15 bits per heavy atom. The third-order valence-corrected chi connectivity index (χ3v) is 7.45. The van der Waals surface area contributed by atoms with Crippen LogP contribution in [0.5, 0.6) is 0 Å². The molecule has 0 aliphatic carbocycles. The maximum atomic E-state index is 12.2. The van der Waals surface area contributed by atoms with Crippen molar-refractivity contribution in [3.63, 3.8) is 0 Å². The standard InChI is InChI=1S/C29H32N6O4/c1-2-35-25-14-20(8-9-21(25)27(37)34-35)31-26-15-23(32-24(17-36)19-6-4-3-5-7-19)22(16-30-26)28-33-29(18-39-28)10-12-38-13-11-29/h3-9,14-16,24,36H,2,10-13,17-18H2,1H3,(H,34,37)(H2,30,31,32)/t24-/m1/s1. The Morgan fingerprint density at radius 3 is 2.74 bits per heavy atom. The first-order valence-electron chi connectivity index (χ1n) is 13.3. The number of aryl methyl sites for hydroxylation is 1. The lowest BCUT2D eigenvalue weighted by Crippen LogP contribution is -2.35. The van der Waals surface area contributed by atoms with Crippen LogP contribution in [0.25, 0.3) is 10.9 Å². The van der Waals surface area contributed by atoms with E-state index in [2.05, 4.69) is 20.7 Å². The summed E-state index contributed by atoms with van der Waals surface area (Å²) in [6.45, 7) is 4.40. The second-order valence-electron chi connectivity index (χ2n) is 9.99. The number of pyridine rings is 1. The lowest BCUT2D eigenvalue weighted by Gasteiger charge is -2.28. The highest BCUT2D eigenvalue weighted by Gasteiger charge is 2.39. The van der Waals surface area contributed by atoms with Gasteiger partial charge in [0, 0.05) is 37.7 Å². The largest absolute Gasteiger partial charge is 0.475 e. The third-order valence-electron chi connectivity index (χ3n) is 7.45. The Balaban J connectivity index is 1.36. The normalized spacial score (nSPS) is 17.1. The molecule has 2 aromatic carbocycles. The molecule has 4 aromatic rings. The van der Waals surface area contributed by atoms with Gasteiger partial charge in [0.05, 0.1) is 34.8 Å². The van der Waals surface area contributed by atoms with E-state index in [1.54, 1.807) is 6.20 Å². The number of hydrogen-bond acceptors (Lipinski definition) is 8. The summed E-state index contributed by atoms with van der Waals surface area (Å²) in [6.07, 6.45) is 3.39. The van der Waals surface area contributed by atoms with Gasteiger partial charge in [0.2, 0.25) is 5.90 Å². The zero-order chi connectivity index (χ0) is 26.8. The first kappa shape index (κ1) is 25.1.